The van der Waals surface area contributed by atoms with Gasteiger partial charge >= 0.3 is 11.9 Å². The molecule has 1 N–H and O–H groups in total. The van der Waals surface area contributed by atoms with Gasteiger partial charge in [-0.05, 0) is 6.92 Å². The number of amides is 1. The molecular weight excluding hydrogens is 252 g/mol. The van der Waals surface area contributed by atoms with Crippen LogP contribution in [0.25, 0.3) is 0 Å². The van der Waals surface area contributed by atoms with Crippen LogP contribution in [-0.4, -0.2) is 72.1 Å². The van der Waals surface area contributed by atoms with Crippen molar-refractivity contribution >= 4 is 17.8 Å². The Balaban J connectivity index is 2.25. The average molecular weight is 272 g/mol. The summed E-state index contributed by atoms with van der Waals surface area (Å²) in [4.78, 5) is 37.0. The molecule has 0 bridgehead atoms. The molecule has 19 heavy (non-hydrogen) atoms. The Bertz CT molecular complexity index is 337. The number of carboxylic acid groups (broad SMARTS) is 1. The molecule has 0 spiro atoms. The molecule has 1 aliphatic heterocycles. The number of carbonyl (C=O) groups excluding carboxylic acids is 2. The molecule has 7 nitrogen and oxygen atoms in total. The minimum absolute atomic E-state index is 0.00482. The fourth-order valence-corrected chi connectivity index (χ4v) is 1.95. The van der Waals surface area contributed by atoms with E-state index in [0.29, 0.717) is 32.8 Å². The largest absolute Gasteiger partial charge is 0.480 e. The molecule has 0 atom stereocenters. The highest BCUT2D eigenvalue weighted by molar-refractivity contribution is 5.81. The van der Waals surface area contributed by atoms with Crippen molar-refractivity contribution in [2.45, 2.75) is 19.8 Å². The average Bonchev–Trinajstić information content (AvgIpc) is 2.36. The van der Waals surface area contributed by atoms with Gasteiger partial charge < -0.3 is 14.7 Å². The number of hydrogen-bond donors (Lipinski definition) is 1. The second-order valence-corrected chi connectivity index (χ2v) is 4.36. The Kier molecular flexibility index (Phi) is 6.27. The van der Waals surface area contributed by atoms with Crippen LogP contribution in [0, 0.1) is 0 Å². The third-order valence-corrected chi connectivity index (χ3v) is 2.93. The summed E-state index contributed by atoms with van der Waals surface area (Å²) in [6.07, 6.45) is 0.250. The van der Waals surface area contributed by atoms with Crippen molar-refractivity contribution in [2.24, 2.45) is 0 Å². The van der Waals surface area contributed by atoms with Crippen LogP contribution in [0.3, 0.4) is 0 Å². The van der Waals surface area contributed by atoms with E-state index in [1.807, 2.05) is 0 Å². The molecule has 0 radical (unpaired) electrons. The van der Waals surface area contributed by atoms with E-state index in [0.717, 1.165) is 0 Å². The number of rotatable bonds is 6. The molecule has 1 aliphatic rings. The molecule has 108 valence electrons. The van der Waals surface area contributed by atoms with E-state index in [1.165, 1.54) is 0 Å². The normalized spacial score (nSPS) is 16.2. The first-order valence-electron chi connectivity index (χ1n) is 6.40. The highest BCUT2D eigenvalue weighted by Crippen LogP contribution is 2.05. The van der Waals surface area contributed by atoms with Gasteiger partial charge in [-0.15, -0.1) is 0 Å². The van der Waals surface area contributed by atoms with Crippen LogP contribution in [0.5, 0.6) is 0 Å². The minimum atomic E-state index is -0.859. The predicted molar refractivity (Wildman–Crippen MR) is 66.5 cm³/mol. The lowest BCUT2D eigenvalue weighted by Gasteiger charge is -2.33. The van der Waals surface area contributed by atoms with Crippen molar-refractivity contribution < 1.29 is 24.2 Å². The second-order valence-electron chi connectivity index (χ2n) is 4.36. The third kappa shape index (κ3) is 5.69. The van der Waals surface area contributed by atoms with Gasteiger partial charge in [0.05, 0.1) is 19.6 Å². The second kappa shape index (κ2) is 7.73. The van der Waals surface area contributed by atoms with Crippen LogP contribution < -0.4 is 0 Å². The highest BCUT2D eigenvalue weighted by Gasteiger charge is 2.22. The smallest absolute Gasteiger partial charge is 0.317 e. The monoisotopic (exact) mass is 272 g/mol. The van der Waals surface area contributed by atoms with Crippen LogP contribution in [-0.2, 0) is 19.1 Å². The summed E-state index contributed by atoms with van der Waals surface area (Å²) < 4.78 is 4.76. The maximum Gasteiger partial charge on any atom is 0.317 e. The van der Waals surface area contributed by atoms with E-state index >= 15 is 0 Å². The minimum Gasteiger partial charge on any atom is -0.480 e. The van der Waals surface area contributed by atoms with Crippen molar-refractivity contribution in [1.29, 1.82) is 0 Å². The molecule has 0 aliphatic carbocycles. The fraction of sp³-hybridized carbons (Fsp3) is 0.750. The van der Waals surface area contributed by atoms with Crippen LogP contribution in [0.4, 0.5) is 0 Å². The van der Waals surface area contributed by atoms with Gasteiger partial charge in [-0.1, -0.05) is 0 Å². The number of aliphatic carboxylic acids is 1. The molecule has 0 aromatic carbocycles. The summed E-state index contributed by atoms with van der Waals surface area (Å²) >= 11 is 0. The molecule has 1 amide bonds. The van der Waals surface area contributed by atoms with Crippen molar-refractivity contribution in [2.75, 3.05) is 39.3 Å². The maximum absolute atomic E-state index is 11.8. The van der Waals surface area contributed by atoms with Crippen LogP contribution in [0.1, 0.15) is 19.8 Å². The maximum atomic E-state index is 11.8. The van der Waals surface area contributed by atoms with Gasteiger partial charge in [0.1, 0.15) is 0 Å². The third-order valence-electron chi connectivity index (χ3n) is 2.93. The molecule has 0 aromatic rings. The molecule has 7 heteroatoms. The van der Waals surface area contributed by atoms with E-state index in [4.69, 9.17) is 9.84 Å². The molecule has 1 heterocycles. The van der Waals surface area contributed by atoms with Gasteiger partial charge in [0.2, 0.25) is 5.91 Å². The lowest BCUT2D eigenvalue weighted by Crippen LogP contribution is -2.49. The quantitative estimate of drug-likeness (QED) is 0.659. The van der Waals surface area contributed by atoms with Crippen molar-refractivity contribution in [1.82, 2.24) is 9.80 Å². The Labute approximate surface area is 112 Å². The molecule has 1 rings (SSSR count). The first-order chi connectivity index (χ1) is 9.02. The highest BCUT2D eigenvalue weighted by atomic mass is 16.5. The summed E-state index contributed by atoms with van der Waals surface area (Å²) in [5.41, 5.74) is 0. The summed E-state index contributed by atoms with van der Waals surface area (Å²) in [6, 6.07) is 0. The summed E-state index contributed by atoms with van der Waals surface area (Å²) in [7, 11) is 0. The van der Waals surface area contributed by atoms with E-state index < -0.39 is 5.97 Å². The first-order valence-corrected chi connectivity index (χ1v) is 6.40. The Morgan fingerprint density at radius 2 is 1.74 bits per heavy atom. The zero-order valence-corrected chi connectivity index (χ0v) is 11.1. The molecule has 0 unspecified atom stereocenters. The van der Waals surface area contributed by atoms with E-state index in [9.17, 15) is 14.4 Å². The number of carbonyl (C=O) groups is 3. The zero-order valence-electron chi connectivity index (χ0n) is 11.1. The standard InChI is InChI=1S/C12H20N2O5/c1-2-19-12(18)4-3-10(15)14-7-5-13(6-8-14)9-11(16)17/h2-9H2,1H3,(H,16,17). The Morgan fingerprint density at radius 3 is 2.26 bits per heavy atom. The van der Waals surface area contributed by atoms with E-state index in [-0.39, 0.29) is 31.3 Å². The lowest BCUT2D eigenvalue weighted by atomic mass is 10.2. The molecule has 0 saturated carbocycles. The van der Waals surface area contributed by atoms with Gasteiger partial charge in [0.15, 0.2) is 0 Å². The van der Waals surface area contributed by atoms with Gasteiger partial charge in [-0.3, -0.25) is 19.3 Å². The van der Waals surface area contributed by atoms with Crippen LogP contribution >= 0.6 is 0 Å². The van der Waals surface area contributed by atoms with Crippen molar-refractivity contribution in [3.05, 3.63) is 0 Å². The summed E-state index contributed by atoms with van der Waals surface area (Å²) in [5.74, 6) is -1.30. The number of hydrogen-bond acceptors (Lipinski definition) is 5. The number of nitrogens with zero attached hydrogens (tertiary/aromatic N) is 2. The zero-order chi connectivity index (χ0) is 14.3. The van der Waals surface area contributed by atoms with E-state index in [1.54, 1.807) is 16.7 Å². The predicted octanol–water partition coefficient (Wildman–Crippen LogP) is -0.441. The molecular formula is C12H20N2O5. The Morgan fingerprint density at radius 1 is 1.11 bits per heavy atom. The van der Waals surface area contributed by atoms with E-state index in [2.05, 4.69) is 0 Å². The Hall–Kier alpha value is -1.63. The number of carboxylic acids is 1. The molecule has 0 aromatic heterocycles. The van der Waals surface area contributed by atoms with Crippen LogP contribution in [0.2, 0.25) is 0 Å². The SMILES string of the molecule is CCOC(=O)CCC(=O)N1CCN(CC(=O)O)CC1. The number of esters is 1. The number of piperazine rings is 1. The van der Waals surface area contributed by atoms with Gasteiger partial charge in [-0.2, -0.15) is 0 Å². The lowest BCUT2D eigenvalue weighted by molar-refractivity contribution is -0.146. The van der Waals surface area contributed by atoms with Crippen molar-refractivity contribution in [3.63, 3.8) is 0 Å². The van der Waals surface area contributed by atoms with Gasteiger partial charge in [-0.25, -0.2) is 0 Å². The molecule has 1 fully saturated rings. The topological polar surface area (TPSA) is 87.2 Å². The number of ether oxygens (including phenoxy) is 1. The fourth-order valence-electron chi connectivity index (χ4n) is 1.95. The molecule has 1 saturated heterocycles. The summed E-state index contributed by atoms with van der Waals surface area (Å²) in [6.45, 7) is 4.17. The van der Waals surface area contributed by atoms with Gasteiger partial charge in [0.25, 0.3) is 0 Å². The first kappa shape index (κ1) is 15.4. The van der Waals surface area contributed by atoms with Crippen molar-refractivity contribution in [3.8, 4) is 0 Å². The summed E-state index contributed by atoms with van der Waals surface area (Å²) in [5, 5.41) is 8.66. The van der Waals surface area contributed by atoms with Gasteiger partial charge in [0, 0.05) is 32.6 Å². The van der Waals surface area contributed by atoms with Crippen LogP contribution in [0.15, 0.2) is 0 Å².